The van der Waals surface area contributed by atoms with E-state index in [2.05, 4.69) is 24.2 Å². The summed E-state index contributed by atoms with van der Waals surface area (Å²) in [6.45, 7) is 6.23. The first-order valence-electron chi connectivity index (χ1n) is 8.54. The third-order valence-corrected chi connectivity index (χ3v) is 4.75. The van der Waals surface area contributed by atoms with Crippen LogP contribution in [0.3, 0.4) is 0 Å². The molecule has 2 heterocycles. The molecule has 1 amide bonds. The predicted octanol–water partition coefficient (Wildman–Crippen LogP) is 2.01. The van der Waals surface area contributed by atoms with Crippen molar-refractivity contribution in [2.24, 2.45) is 10.7 Å². The molecule has 3 N–H and O–H groups in total. The highest BCUT2D eigenvalue weighted by Crippen LogP contribution is 2.34. The number of hydrogen-bond donors (Lipinski definition) is 2. The monoisotopic (exact) mass is 294 g/mol. The number of unbranched alkanes of at least 4 members (excludes halogenated alkanes) is 2. The van der Waals surface area contributed by atoms with Gasteiger partial charge in [-0.3, -0.25) is 9.69 Å². The maximum atomic E-state index is 13.1. The van der Waals surface area contributed by atoms with Crippen molar-refractivity contribution in [3.05, 3.63) is 0 Å². The van der Waals surface area contributed by atoms with Crippen LogP contribution in [0.4, 0.5) is 0 Å². The Morgan fingerprint density at radius 1 is 1.24 bits per heavy atom. The van der Waals surface area contributed by atoms with Gasteiger partial charge >= 0.3 is 0 Å². The van der Waals surface area contributed by atoms with E-state index in [0.717, 1.165) is 64.5 Å². The third kappa shape index (κ3) is 3.39. The fraction of sp³-hybridized carbons (Fsp3) is 0.875. The summed E-state index contributed by atoms with van der Waals surface area (Å²) >= 11 is 0. The summed E-state index contributed by atoms with van der Waals surface area (Å²) in [6.07, 6.45) is 7.86. The van der Waals surface area contributed by atoms with Gasteiger partial charge in [-0.15, -0.1) is 0 Å². The van der Waals surface area contributed by atoms with Crippen LogP contribution in [0.1, 0.15) is 65.2 Å². The number of hydrogen-bond acceptors (Lipinski definition) is 4. The van der Waals surface area contributed by atoms with Gasteiger partial charge in [0.1, 0.15) is 5.54 Å². The maximum absolute atomic E-state index is 13.1. The Hall–Kier alpha value is -1.10. The molecule has 0 aromatic heterocycles. The van der Waals surface area contributed by atoms with E-state index in [4.69, 9.17) is 5.73 Å². The lowest BCUT2D eigenvalue weighted by atomic mass is 9.86. The summed E-state index contributed by atoms with van der Waals surface area (Å²) in [5.74, 6) is 0.618. The van der Waals surface area contributed by atoms with Crippen molar-refractivity contribution in [3.8, 4) is 0 Å². The number of carbonyl (C=O) groups excluding carboxylic acids is 1. The van der Waals surface area contributed by atoms with E-state index in [1.165, 1.54) is 0 Å². The molecule has 1 saturated heterocycles. The van der Waals surface area contributed by atoms with Crippen molar-refractivity contribution < 1.29 is 4.79 Å². The SMILES string of the molecule is CCCCC1(CCCC)N=C(N)N(C2CCNCC2)C1=O. The standard InChI is InChI=1S/C16H30N4O/c1-3-5-9-16(10-6-4-2)14(21)20(15(17)19-16)13-7-11-18-12-8-13/h13,18H,3-12H2,1-2H3,(H2,17,19). The Balaban J connectivity index is 2.16. The fourth-order valence-electron chi connectivity index (χ4n) is 3.46. The molecule has 5 heteroatoms. The zero-order valence-corrected chi connectivity index (χ0v) is 13.5. The Labute approximate surface area is 128 Å². The molecule has 0 unspecified atom stereocenters. The molecule has 0 atom stereocenters. The molecule has 5 nitrogen and oxygen atoms in total. The van der Waals surface area contributed by atoms with E-state index in [9.17, 15) is 4.79 Å². The van der Waals surface area contributed by atoms with Crippen molar-refractivity contribution in [1.29, 1.82) is 0 Å². The molecule has 1 fully saturated rings. The number of aliphatic imine (C=N–C) groups is 1. The molecule has 0 radical (unpaired) electrons. The molecular weight excluding hydrogens is 264 g/mol. The minimum absolute atomic E-state index is 0.161. The molecule has 0 bridgehead atoms. The van der Waals surface area contributed by atoms with Gasteiger partial charge in [0.05, 0.1) is 0 Å². The number of carbonyl (C=O) groups is 1. The van der Waals surface area contributed by atoms with Gasteiger partial charge < -0.3 is 11.1 Å². The highest BCUT2D eigenvalue weighted by atomic mass is 16.2. The Bertz CT molecular complexity index is 380. The molecule has 2 aliphatic rings. The summed E-state index contributed by atoms with van der Waals surface area (Å²) in [7, 11) is 0. The predicted molar refractivity (Wildman–Crippen MR) is 86.1 cm³/mol. The molecule has 2 aliphatic heterocycles. The number of piperidine rings is 1. The number of nitrogens with zero attached hydrogens (tertiary/aromatic N) is 2. The molecule has 120 valence electrons. The zero-order chi connectivity index (χ0) is 15.3. The van der Waals surface area contributed by atoms with Crippen LogP contribution in [0.2, 0.25) is 0 Å². The molecule has 2 rings (SSSR count). The number of nitrogens with two attached hydrogens (primary N) is 1. The minimum Gasteiger partial charge on any atom is -0.369 e. The fourth-order valence-corrected chi connectivity index (χ4v) is 3.46. The minimum atomic E-state index is -0.568. The number of rotatable bonds is 7. The smallest absolute Gasteiger partial charge is 0.257 e. The molecule has 0 aromatic carbocycles. The maximum Gasteiger partial charge on any atom is 0.257 e. The average molecular weight is 294 g/mol. The largest absolute Gasteiger partial charge is 0.369 e. The number of amides is 1. The summed E-state index contributed by atoms with van der Waals surface area (Å²) in [6, 6.07) is 0.229. The van der Waals surface area contributed by atoms with Crippen LogP contribution in [0, 0.1) is 0 Å². The third-order valence-electron chi connectivity index (χ3n) is 4.75. The second kappa shape index (κ2) is 7.25. The van der Waals surface area contributed by atoms with Gasteiger partial charge in [-0.25, -0.2) is 4.99 Å². The lowest BCUT2D eigenvalue weighted by Gasteiger charge is -2.33. The topological polar surface area (TPSA) is 70.7 Å². The van der Waals surface area contributed by atoms with Gasteiger partial charge in [0.25, 0.3) is 5.91 Å². The van der Waals surface area contributed by atoms with Crippen molar-refractivity contribution in [2.45, 2.75) is 76.8 Å². The Kier molecular flexibility index (Phi) is 5.62. The summed E-state index contributed by atoms with van der Waals surface area (Å²) in [5, 5.41) is 3.34. The van der Waals surface area contributed by atoms with Gasteiger partial charge in [-0.1, -0.05) is 39.5 Å². The van der Waals surface area contributed by atoms with Crippen LogP contribution in [-0.4, -0.2) is 41.4 Å². The quantitative estimate of drug-likeness (QED) is 0.754. The second-order valence-corrected chi connectivity index (χ2v) is 6.37. The van der Waals surface area contributed by atoms with Crippen LogP contribution < -0.4 is 11.1 Å². The van der Waals surface area contributed by atoms with E-state index < -0.39 is 5.54 Å². The highest BCUT2D eigenvalue weighted by molar-refractivity contribution is 6.07. The van der Waals surface area contributed by atoms with E-state index in [0.29, 0.717) is 5.96 Å². The van der Waals surface area contributed by atoms with Crippen LogP contribution in [0.15, 0.2) is 4.99 Å². The first kappa shape index (κ1) is 16.3. The van der Waals surface area contributed by atoms with Gasteiger partial charge in [0.15, 0.2) is 5.96 Å². The average Bonchev–Trinajstić information content (AvgIpc) is 2.75. The van der Waals surface area contributed by atoms with Crippen molar-refractivity contribution in [2.75, 3.05) is 13.1 Å². The van der Waals surface area contributed by atoms with Crippen LogP contribution in [-0.2, 0) is 4.79 Å². The molecule has 21 heavy (non-hydrogen) atoms. The molecule has 0 aliphatic carbocycles. The van der Waals surface area contributed by atoms with E-state index in [1.807, 2.05) is 4.90 Å². The van der Waals surface area contributed by atoms with Crippen molar-refractivity contribution in [3.63, 3.8) is 0 Å². The molecule has 0 saturated carbocycles. The Morgan fingerprint density at radius 3 is 2.33 bits per heavy atom. The highest BCUT2D eigenvalue weighted by Gasteiger charge is 2.48. The molecule has 0 spiro atoms. The first-order chi connectivity index (χ1) is 10.1. The van der Waals surface area contributed by atoms with Gasteiger partial charge in [0.2, 0.25) is 0 Å². The summed E-state index contributed by atoms with van der Waals surface area (Å²) < 4.78 is 0. The molecular formula is C16H30N4O. The van der Waals surface area contributed by atoms with Crippen LogP contribution >= 0.6 is 0 Å². The van der Waals surface area contributed by atoms with Gasteiger partial charge in [-0.2, -0.15) is 0 Å². The van der Waals surface area contributed by atoms with E-state index >= 15 is 0 Å². The molecule has 0 aromatic rings. The Morgan fingerprint density at radius 2 is 1.81 bits per heavy atom. The van der Waals surface area contributed by atoms with Crippen LogP contribution in [0.25, 0.3) is 0 Å². The number of nitrogens with one attached hydrogen (secondary N) is 1. The van der Waals surface area contributed by atoms with E-state index in [1.54, 1.807) is 0 Å². The van der Waals surface area contributed by atoms with Gasteiger partial charge in [0, 0.05) is 6.04 Å². The first-order valence-corrected chi connectivity index (χ1v) is 8.54. The van der Waals surface area contributed by atoms with E-state index in [-0.39, 0.29) is 11.9 Å². The van der Waals surface area contributed by atoms with Crippen molar-refractivity contribution >= 4 is 11.9 Å². The lowest BCUT2D eigenvalue weighted by Crippen LogP contribution is -2.52. The zero-order valence-electron chi connectivity index (χ0n) is 13.5. The normalized spacial score (nSPS) is 22.7. The lowest BCUT2D eigenvalue weighted by molar-refractivity contribution is -0.133. The summed E-state index contributed by atoms with van der Waals surface area (Å²) in [4.78, 5) is 19.6. The number of guanidine groups is 1. The summed E-state index contributed by atoms with van der Waals surface area (Å²) in [5.41, 5.74) is 5.59. The van der Waals surface area contributed by atoms with Gasteiger partial charge in [-0.05, 0) is 38.8 Å². The van der Waals surface area contributed by atoms with Crippen LogP contribution in [0.5, 0.6) is 0 Å². The second-order valence-electron chi connectivity index (χ2n) is 6.37. The van der Waals surface area contributed by atoms with Crippen molar-refractivity contribution in [1.82, 2.24) is 10.2 Å².